The number of carbonyl (C=O) groups excluding carboxylic acids is 2. The van der Waals surface area contributed by atoms with Crippen LogP contribution in [0.1, 0.15) is 49.1 Å². The molecule has 0 atom stereocenters. The number of para-hydroxylation sites is 1. The van der Waals surface area contributed by atoms with Gasteiger partial charge in [-0.2, -0.15) is 5.10 Å². The first-order valence-corrected chi connectivity index (χ1v) is 14.2. The van der Waals surface area contributed by atoms with Gasteiger partial charge in [0.15, 0.2) is 0 Å². The molecule has 0 aliphatic heterocycles. The maximum Gasteiger partial charge on any atom is 0.245 e. The number of hydrogen-bond donors (Lipinski definition) is 1. The van der Waals surface area contributed by atoms with Gasteiger partial charge in [-0.25, -0.2) is 4.68 Å². The number of rotatable bonds is 9. The second-order valence-electron chi connectivity index (χ2n) is 11.4. The monoisotopic (exact) mass is 556 g/mol. The maximum atomic E-state index is 14.4. The third-order valence-corrected chi connectivity index (χ3v) is 7.12. The maximum absolute atomic E-state index is 14.4. The molecule has 0 aliphatic rings. The van der Waals surface area contributed by atoms with Crippen LogP contribution in [-0.4, -0.2) is 33.0 Å². The van der Waals surface area contributed by atoms with E-state index in [1.54, 1.807) is 9.58 Å². The van der Waals surface area contributed by atoms with Gasteiger partial charge in [-0.1, -0.05) is 130 Å². The second-order valence-corrected chi connectivity index (χ2v) is 11.4. The molecule has 0 bridgehead atoms. The highest BCUT2D eigenvalue weighted by Gasteiger charge is 2.29. The van der Waals surface area contributed by atoms with Crippen molar-refractivity contribution in [2.45, 2.75) is 38.6 Å². The first-order valence-electron chi connectivity index (χ1n) is 14.2. The van der Waals surface area contributed by atoms with E-state index in [2.05, 4.69) is 26.1 Å². The van der Waals surface area contributed by atoms with E-state index in [1.807, 2.05) is 127 Å². The normalized spacial score (nSPS) is 11.3. The van der Waals surface area contributed by atoms with Crippen molar-refractivity contribution in [2.24, 2.45) is 0 Å². The molecule has 0 radical (unpaired) electrons. The van der Waals surface area contributed by atoms with E-state index < -0.39 is 5.92 Å². The molecular formula is C36H36N4O2. The Labute approximate surface area is 247 Å². The summed E-state index contributed by atoms with van der Waals surface area (Å²) in [5.41, 5.74) is 4.19. The Hall–Kier alpha value is -4.97. The van der Waals surface area contributed by atoms with Crippen molar-refractivity contribution in [3.05, 3.63) is 150 Å². The quantitative estimate of drug-likeness (QED) is 0.213. The second kappa shape index (κ2) is 12.7. The van der Waals surface area contributed by atoms with Crippen LogP contribution in [0.4, 0.5) is 5.82 Å². The van der Waals surface area contributed by atoms with E-state index in [0.717, 1.165) is 28.1 Å². The van der Waals surface area contributed by atoms with Crippen LogP contribution < -0.4 is 5.32 Å². The Bertz CT molecular complexity index is 1570. The van der Waals surface area contributed by atoms with Crippen LogP contribution in [-0.2, 0) is 21.5 Å². The third-order valence-electron chi connectivity index (χ3n) is 7.12. The SMILES string of the molecule is CC(C)(C)c1cc(NC(=O)CN(Cc2ccccc2)C(=O)C(c2ccccc2)c2ccccc2)n(-c2ccccc2)n1. The number of carbonyl (C=O) groups is 2. The summed E-state index contributed by atoms with van der Waals surface area (Å²) in [5, 5.41) is 7.87. The molecular weight excluding hydrogens is 520 g/mol. The molecule has 1 heterocycles. The molecule has 1 N–H and O–H groups in total. The zero-order valence-electron chi connectivity index (χ0n) is 24.3. The molecule has 0 aliphatic carbocycles. The van der Waals surface area contributed by atoms with Gasteiger partial charge >= 0.3 is 0 Å². The van der Waals surface area contributed by atoms with E-state index in [0.29, 0.717) is 12.4 Å². The average molecular weight is 557 g/mol. The molecule has 1 aromatic heterocycles. The van der Waals surface area contributed by atoms with Gasteiger partial charge in [0.1, 0.15) is 12.4 Å². The number of aromatic nitrogens is 2. The molecule has 42 heavy (non-hydrogen) atoms. The lowest BCUT2D eigenvalue weighted by atomic mass is 9.90. The van der Waals surface area contributed by atoms with Crippen molar-refractivity contribution in [3.63, 3.8) is 0 Å². The van der Waals surface area contributed by atoms with Crippen molar-refractivity contribution >= 4 is 17.6 Å². The minimum atomic E-state index is -0.550. The zero-order chi connectivity index (χ0) is 29.5. The van der Waals surface area contributed by atoms with Crippen LogP contribution in [0.15, 0.2) is 127 Å². The minimum Gasteiger partial charge on any atom is -0.328 e. The number of nitrogens with one attached hydrogen (secondary N) is 1. The van der Waals surface area contributed by atoms with Crippen LogP contribution in [0.2, 0.25) is 0 Å². The highest BCUT2D eigenvalue weighted by molar-refractivity contribution is 5.96. The van der Waals surface area contributed by atoms with Crippen molar-refractivity contribution in [2.75, 3.05) is 11.9 Å². The van der Waals surface area contributed by atoms with E-state index in [1.165, 1.54) is 0 Å². The predicted octanol–water partition coefficient (Wildman–Crippen LogP) is 6.97. The van der Waals surface area contributed by atoms with Crippen LogP contribution in [0.5, 0.6) is 0 Å². The van der Waals surface area contributed by atoms with Crippen molar-refractivity contribution in [1.82, 2.24) is 14.7 Å². The number of anilines is 1. The Morgan fingerprint density at radius 3 is 1.79 bits per heavy atom. The fraction of sp³-hybridized carbons (Fsp3) is 0.194. The smallest absolute Gasteiger partial charge is 0.245 e. The van der Waals surface area contributed by atoms with E-state index in [9.17, 15) is 9.59 Å². The summed E-state index contributed by atoms with van der Waals surface area (Å²) in [6.45, 7) is 6.45. The predicted molar refractivity (Wildman–Crippen MR) is 167 cm³/mol. The largest absolute Gasteiger partial charge is 0.328 e. The molecule has 5 rings (SSSR count). The molecule has 6 nitrogen and oxygen atoms in total. The highest BCUT2D eigenvalue weighted by atomic mass is 16.2. The summed E-state index contributed by atoms with van der Waals surface area (Å²) in [7, 11) is 0. The average Bonchev–Trinajstić information content (AvgIpc) is 3.43. The lowest BCUT2D eigenvalue weighted by Gasteiger charge is -2.28. The summed E-state index contributed by atoms with van der Waals surface area (Å²) in [6, 6.07) is 40.8. The molecule has 212 valence electrons. The van der Waals surface area contributed by atoms with Crippen LogP contribution >= 0.6 is 0 Å². The van der Waals surface area contributed by atoms with Crippen LogP contribution in [0.25, 0.3) is 5.69 Å². The molecule has 0 saturated carbocycles. The Kier molecular flexibility index (Phi) is 8.63. The Morgan fingerprint density at radius 1 is 0.762 bits per heavy atom. The topological polar surface area (TPSA) is 67.2 Å². The van der Waals surface area contributed by atoms with E-state index in [-0.39, 0.29) is 23.8 Å². The third kappa shape index (κ3) is 6.84. The molecule has 5 aromatic rings. The lowest BCUT2D eigenvalue weighted by molar-refractivity contribution is -0.135. The first kappa shape index (κ1) is 28.6. The molecule has 0 unspecified atom stereocenters. The van der Waals surface area contributed by atoms with Gasteiger partial charge in [0.2, 0.25) is 11.8 Å². The van der Waals surface area contributed by atoms with Crippen LogP contribution in [0, 0.1) is 0 Å². The van der Waals surface area contributed by atoms with Gasteiger partial charge in [-0.3, -0.25) is 9.59 Å². The molecule has 0 saturated heterocycles. The van der Waals surface area contributed by atoms with Gasteiger partial charge in [0.25, 0.3) is 0 Å². The van der Waals surface area contributed by atoms with Gasteiger partial charge in [0.05, 0.1) is 17.3 Å². The molecule has 6 heteroatoms. The molecule has 0 fully saturated rings. The van der Waals surface area contributed by atoms with Crippen molar-refractivity contribution in [3.8, 4) is 5.69 Å². The molecule has 4 aromatic carbocycles. The van der Waals surface area contributed by atoms with Crippen molar-refractivity contribution < 1.29 is 9.59 Å². The zero-order valence-corrected chi connectivity index (χ0v) is 24.3. The Morgan fingerprint density at radius 2 is 1.26 bits per heavy atom. The number of hydrogen-bond acceptors (Lipinski definition) is 3. The fourth-order valence-corrected chi connectivity index (χ4v) is 4.93. The summed E-state index contributed by atoms with van der Waals surface area (Å²) in [6.07, 6.45) is 0. The van der Waals surface area contributed by atoms with Crippen LogP contribution in [0.3, 0.4) is 0 Å². The summed E-state index contributed by atoms with van der Waals surface area (Å²) < 4.78 is 1.75. The van der Waals surface area contributed by atoms with Gasteiger partial charge in [0, 0.05) is 18.0 Å². The number of nitrogens with zero attached hydrogens (tertiary/aromatic N) is 3. The van der Waals surface area contributed by atoms with Crippen molar-refractivity contribution in [1.29, 1.82) is 0 Å². The van der Waals surface area contributed by atoms with E-state index in [4.69, 9.17) is 5.10 Å². The summed E-state index contributed by atoms with van der Waals surface area (Å²) >= 11 is 0. The van der Waals surface area contributed by atoms with Gasteiger partial charge in [-0.15, -0.1) is 0 Å². The standard InChI is InChI=1S/C36H36N4O2/c1-36(2,3)31-24-32(40(38-31)30-22-14-7-15-23-30)37-33(41)26-39(25-27-16-8-4-9-17-27)35(42)34(28-18-10-5-11-19-28)29-20-12-6-13-21-29/h4-24,34H,25-26H2,1-3H3,(H,37,41). The summed E-state index contributed by atoms with van der Waals surface area (Å²) in [4.78, 5) is 29.7. The highest BCUT2D eigenvalue weighted by Crippen LogP contribution is 2.29. The fourth-order valence-electron chi connectivity index (χ4n) is 4.93. The number of benzene rings is 4. The van der Waals surface area contributed by atoms with Gasteiger partial charge < -0.3 is 10.2 Å². The molecule has 0 spiro atoms. The van der Waals surface area contributed by atoms with Gasteiger partial charge in [-0.05, 0) is 28.8 Å². The van der Waals surface area contributed by atoms with E-state index >= 15 is 0 Å². The molecule has 2 amide bonds. The lowest BCUT2D eigenvalue weighted by Crippen LogP contribution is -2.40. The minimum absolute atomic E-state index is 0.116. The summed E-state index contributed by atoms with van der Waals surface area (Å²) in [5.74, 6) is -0.424. The number of amides is 2. The Balaban J connectivity index is 1.47. The first-order chi connectivity index (χ1) is 20.3.